The highest BCUT2D eigenvalue weighted by atomic mass is 79.9. The molecule has 1 saturated heterocycles. The number of primary amides is 1. The molecule has 0 bridgehead atoms. The lowest BCUT2D eigenvalue weighted by atomic mass is 9.98. The Balaban J connectivity index is 1.75. The zero-order chi connectivity index (χ0) is 23.8. The predicted molar refractivity (Wildman–Crippen MR) is 142 cm³/mol. The van der Waals surface area contributed by atoms with E-state index < -0.39 is 5.91 Å². The number of amides is 1. The van der Waals surface area contributed by atoms with E-state index in [1.54, 1.807) is 24.3 Å². The molecule has 0 unspecified atom stereocenters. The number of rotatable bonds is 5. The molecule has 4 rings (SSSR count). The molecule has 1 heterocycles. The molecule has 5 nitrogen and oxygen atoms in total. The van der Waals surface area contributed by atoms with Crippen LogP contribution in [0.3, 0.4) is 0 Å². The zero-order valence-corrected chi connectivity index (χ0v) is 21.5. The number of para-hydroxylation sites is 1. The van der Waals surface area contributed by atoms with Crippen LogP contribution in [0.15, 0.2) is 59.1 Å². The minimum Gasteiger partial charge on any atom is -0.368 e. The van der Waals surface area contributed by atoms with Crippen molar-refractivity contribution in [3.63, 3.8) is 0 Å². The van der Waals surface area contributed by atoms with Gasteiger partial charge in [-0.05, 0) is 71.7 Å². The Morgan fingerprint density at radius 2 is 1.85 bits per heavy atom. The lowest BCUT2D eigenvalue weighted by molar-refractivity contribution is 0.100. The number of carbonyl (C=O) groups excluding carboxylic acids is 1. The van der Waals surface area contributed by atoms with Gasteiger partial charge in [0, 0.05) is 50.9 Å². The van der Waals surface area contributed by atoms with E-state index in [1.165, 1.54) is 0 Å². The van der Waals surface area contributed by atoms with Gasteiger partial charge in [-0.2, -0.15) is 0 Å². The van der Waals surface area contributed by atoms with Crippen LogP contribution in [0.25, 0.3) is 11.1 Å². The standard InChI is InChI=1S/C25H25BrCl2N4O/c1-25(2)14-32(9-8-30-25)22-7-6-15(10-21(22)26)19-4-3-5-20(24(29)33)23(19)31-18-12-16(27)11-17(28)13-18/h3-7,10-13,30-31H,8-9,14H2,1-2H3,(H2,29,33). The molecule has 4 N–H and O–H groups in total. The summed E-state index contributed by atoms with van der Waals surface area (Å²) in [5, 5.41) is 7.84. The van der Waals surface area contributed by atoms with Crippen LogP contribution in [0.4, 0.5) is 17.1 Å². The summed E-state index contributed by atoms with van der Waals surface area (Å²) < 4.78 is 0.985. The van der Waals surface area contributed by atoms with Crippen LogP contribution in [0, 0.1) is 0 Å². The topological polar surface area (TPSA) is 70.4 Å². The molecule has 3 aromatic carbocycles. The van der Waals surface area contributed by atoms with Gasteiger partial charge in [-0.3, -0.25) is 4.79 Å². The first-order valence-corrected chi connectivity index (χ1v) is 12.1. The van der Waals surface area contributed by atoms with E-state index in [9.17, 15) is 4.79 Å². The van der Waals surface area contributed by atoms with Crippen LogP contribution in [-0.2, 0) is 0 Å². The number of nitrogens with two attached hydrogens (primary N) is 1. The van der Waals surface area contributed by atoms with E-state index in [0.29, 0.717) is 27.0 Å². The SMILES string of the molecule is CC1(C)CN(c2ccc(-c3cccc(C(N)=O)c3Nc3cc(Cl)cc(Cl)c3)cc2Br)CCN1. The van der Waals surface area contributed by atoms with Crippen LogP contribution in [0.1, 0.15) is 24.2 Å². The Hall–Kier alpha value is -2.25. The summed E-state index contributed by atoms with van der Waals surface area (Å²) in [6, 6.07) is 16.9. The fourth-order valence-electron chi connectivity index (χ4n) is 4.18. The molecule has 0 saturated carbocycles. The predicted octanol–water partition coefficient (Wildman–Crippen LogP) is 6.45. The zero-order valence-electron chi connectivity index (χ0n) is 18.4. The quantitative estimate of drug-likeness (QED) is 0.343. The summed E-state index contributed by atoms with van der Waals surface area (Å²) in [5.74, 6) is -0.522. The minimum absolute atomic E-state index is 0.0432. The van der Waals surface area contributed by atoms with Crippen molar-refractivity contribution in [3.05, 3.63) is 74.7 Å². The maximum Gasteiger partial charge on any atom is 0.250 e. The number of piperazine rings is 1. The van der Waals surface area contributed by atoms with Gasteiger partial charge < -0.3 is 21.3 Å². The van der Waals surface area contributed by atoms with Gasteiger partial charge in [0.15, 0.2) is 0 Å². The summed E-state index contributed by atoms with van der Waals surface area (Å²) in [7, 11) is 0. The lowest BCUT2D eigenvalue weighted by Crippen LogP contribution is -2.57. The molecule has 1 aliphatic rings. The molecule has 0 atom stereocenters. The van der Waals surface area contributed by atoms with Gasteiger partial charge in [-0.25, -0.2) is 0 Å². The van der Waals surface area contributed by atoms with Crippen molar-refractivity contribution in [2.24, 2.45) is 5.73 Å². The first-order chi connectivity index (χ1) is 15.6. The average Bonchev–Trinajstić information content (AvgIpc) is 2.72. The third-order valence-electron chi connectivity index (χ3n) is 5.63. The van der Waals surface area contributed by atoms with Gasteiger partial charge in [-0.1, -0.05) is 41.4 Å². The Labute approximate surface area is 212 Å². The number of nitrogens with zero attached hydrogens (tertiary/aromatic N) is 1. The van der Waals surface area contributed by atoms with Crippen molar-refractivity contribution in [2.45, 2.75) is 19.4 Å². The van der Waals surface area contributed by atoms with Crippen LogP contribution >= 0.6 is 39.1 Å². The molecule has 33 heavy (non-hydrogen) atoms. The monoisotopic (exact) mass is 546 g/mol. The average molecular weight is 548 g/mol. The summed E-state index contributed by atoms with van der Waals surface area (Å²) in [6.45, 7) is 7.18. The van der Waals surface area contributed by atoms with Gasteiger partial charge in [-0.15, -0.1) is 0 Å². The van der Waals surface area contributed by atoms with Crippen LogP contribution in [0.2, 0.25) is 10.0 Å². The Bertz CT molecular complexity index is 1190. The largest absolute Gasteiger partial charge is 0.368 e. The molecule has 1 amide bonds. The molecule has 0 aromatic heterocycles. The number of benzene rings is 3. The third kappa shape index (κ3) is 5.46. The second-order valence-corrected chi connectivity index (χ2v) is 10.5. The molecule has 3 aromatic rings. The van der Waals surface area contributed by atoms with E-state index in [2.05, 4.69) is 63.5 Å². The Morgan fingerprint density at radius 1 is 1.12 bits per heavy atom. The number of hydrogen-bond donors (Lipinski definition) is 3. The van der Waals surface area contributed by atoms with E-state index in [0.717, 1.165) is 40.9 Å². The first kappa shape index (κ1) is 23.9. The van der Waals surface area contributed by atoms with Crippen molar-refractivity contribution in [1.29, 1.82) is 0 Å². The Kier molecular flexibility index (Phi) is 6.91. The molecule has 1 aliphatic heterocycles. The molecular weight excluding hydrogens is 523 g/mol. The number of hydrogen-bond acceptors (Lipinski definition) is 4. The summed E-state index contributed by atoms with van der Waals surface area (Å²) in [5.41, 5.74) is 10.3. The third-order valence-corrected chi connectivity index (χ3v) is 6.70. The molecule has 1 fully saturated rings. The molecule has 0 radical (unpaired) electrons. The number of halogens is 3. The maximum absolute atomic E-state index is 12.2. The second-order valence-electron chi connectivity index (χ2n) is 8.77. The van der Waals surface area contributed by atoms with Crippen LogP contribution < -0.4 is 21.3 Å². The summed E-state index contributed by atoms with van der Waals surface area (Å²) in [6.07, 6.45) is 0. The minimum atomic E-state index is -0.522. The van der Waals surface area contributed by atoms with E-state index >= 15 is 0 Å². The smallest absolute Gasteiger partial charge is 0.250 e. The first-order valence-electron chi connectivity index (χ1n) is 10.6. The van der Waals surface area contributed by atoms with Gasteiger partial charge >= 0.3 is 0 Å². The van der Waals surface area contributed by atoms with Crippen LogP contribution in [0.5, 0.6) is 0 Å². The summed E-state index contributed by atoms with van der Waals surface area (Å²) >= 11 is 16.1. The van der Waals surface area contributed by atoms with Crippen molar-refractivity contribution < 1.29 is 4.79 Å². The van der Waals surface area contributed by atoms with E-state index in [-0.39, 0.29) is 5.54 Å². The van der Waals surface area contributed by atoms with Gasteiger partial charge in [0.2, 0.25) is 0 Å². The molecule has 8 heteroatoms. The molecule has 172 valence electrons. The van der Waals surface area contributed by atoms with Gasteiger partial charge in [0.1, 0.15) is 0 Å². The maximum atomic E-state index is 12.2. The molecule has 0 spiro atoms. The van der Waals surface area contributed by atoms with Gasteiger partial charge in [0.05, 0.1) is 16.9 Å². The summed E-state index contributed by atoms with van der Waals surface area (Å²) in [4.78, 5) is 14.6. The fraction of sp³-hybridized carbons (Fsp3) is 0.240. The van der Waals surface area contributed by atoms with Crippen molar-refractivity contribution in [2.75, 3.05) is 29.9 Å². The highest BCUT2D eigenvalue weighted by Gasteiger charge is 2.27. The second kappa shape index (κ2) is 9.55. The van der Waals surface area contributed by atoms with Gasteiger partial charge in [0.25, 0.3) is 5.91 Å². The van der Waals surface area contributed by atoms with Crippen molar-refractivity contribution >= 4 is 62.1 Å². The fourth-order valence-corrected chi connectivity index (χ4v) is 5.34. The number of carbonyl (C=O) groups is 1. The molecule has 0 aliphatic carbocycles. The van der Waals surface area contributed by atoms with E-state index in [4.69, 9.17) is 28.9 Å². The normalized spacial score (nSPS) is 15.4. The highest BCUT2D eigenvalue weighted by molar-refractivity contribution is 9.10. The molecular formula is C25H25BrCl2N4O. The lowest BCUT2D eigenvalue weighted by Gasteiger charge is -2.40. The number of anilines is 3. The van der Waals surface area contributed by atoms with Crippen molar-refractivity contribution in [3.8, 4) is 11.1 Å². The Morgan fingerprint density at radius 3 is 2.48 bits per heavy atom. The highest BCUT2D eigenvalue weighted by Crippen LogP contribution is 2.38. The van der Waals surface area contributed by atoms with Crippen molar-refractivity contribution in [1.82, 2.24) is 5.32 Å². The van der Waals surface area contributed by atoms with E-state index in [1.807, 2.05) is 12.1 Å². The number of nitrogens with one attached hydrogen (secondary N) is 2. The van der Waals surface area contributed by atoms with Crippen LogP contribution in [-0.4, -0.2) is 31.1 Å².